The van der Waals surface area contributed by atoms with Crippen LogP contribution in [-0.2, 0) is 0 Å². The van der Waals surface area contributed by atoms with E-state index in [9.17, 15) is 10.2 Å². The van der Waals surface area contributed by atoms with Gasteiger partial charge < -0.3 is 15.5 Å². The Morgan fingerprint density at radius 3 is 2.29 bits per heavy atom. The van der Waals surface area contributed by atoms with E-state index in [0.29, 0.717) is 19.1 Å². The minimum Gasteiger partial charge on any atom is -0.392 e. The van der Waals surface area contributed by atoms with Gasteiger partial charge in [0.15, 0.2) is 0 Å². The Balaban J connectivity index is 2.26. The van der Waals surface area contributed by atoms with Gasteiger partial charge in [-0.3, -0.25) is 4.90 Å². The van der Waals surface area contributed by atoms with Crippen LogP contribution in [0, 0.1) is 0 Å². The molecule has 0 spiro atoms. The third-order valence-electron chi connectivity index (χ3n) is 3.25. The van der Waals surface area contributed by atoms with E-state index in [4.69, 9.17) is 0 Å². The molecular formula is C13H28N2O2. The van der Waals surface area contributed by atoms with Gasteiger partial charge in [0, 0.05) is 19.1 Å². The van der Waals surface area contributed by atoms with E-state index in [2.05, 4.69) is 10.2 Å². The second-order valence-electron chi connectivity index (χ2n) is 5.39. The quantitative estimate of drug-likeness (QED) is 0.613. The summed E-state index contributed by atoms with van der Waals surface area (Å²) < 4.78 is 0. The predicted octanol–water partition coefficient (Wildman–Crippen LogP) is 0.582. The monoisotopic (exact) mass is 244 g/mol. The van der Waals surface area contributed by atoms with Crippen molar-refractivity contribution < 1.29 is 10.2 Å². The molecule has 0 aromatic heterocycles. The minimum atomic E-state index is -0.326. The molecule has 102 valence electrons. The smallest absolute Gasteiger partial charge is 0.0639 e. The topological polar surface area (TPSA) is 55.7 Å². The fraction of sp³-hybridized carbons (Fsp3) is 1.00. The maximum absolute atomic E-state index is 9.43. The summed E-state index contributed by atoms with van der Waals surface area (Å²) in [5.74, 6) is 0. The molecule has 0 aliphatic carbocycles. The first-order valence-corrected chi connectivity index (χ1v) is 6.90. The molecule has 4 heteroatoms. The largest absolute Gasteiger partial charge is 0.392 e. The molecule has 3 atom stereocenters. The number of nitrogens with zero attached hydrogens (tertiary/aromatic N) is 1. The van der Waals surface area contributed by atoms with Gasteiger partial charge in [-0.1, -0.05) is 6.42 Å². The maximum atomic E-state index is 9.43. The SMILES string of the molecule is CC(O)CN(CCC1CCCCN1)CC(C)O. The molecule has 1 saturated heterocycles. The normalized spacial score (nSPS) is 24.9. The van der Waals surface area contributed by atoms with Crippen molar-refractivity contribution in [2.24, 2.45) is 0 Å². The minimum absolute atomic E-state index is 0.326. The van der Waals surface area contributed by atoms with Crippen LogP contribution in [-0.4, -0.2) is 59.5 Å². The molecule has 3 N–H and O–H groups in total. The van der Waals surface area contributed by atoms with E-state index in [-0.39, 0.29) is 12.2 Å². The summed E-state index contributed by atoms with van der Waals surface area (Å²) in [5, 5.41) is 22.4. The average molecular weight is 244 g/mol. The van der Waals surface area contributed by atoms with Crippen LogP contribution >= 0.6 is 0 Å². The molecular weight excluding hydrogens is 216 g/mol. The average Bonchev–Trinajstić information content (AvgIpc) is 2.26. The van der Waals surface area contributed by atoms with Crippen molar-refractivity contribution in [2.45, 2.75) is 57.8 Å². The zero-order chi connectivity index (χ0) is 12.7. The van der Waals surface area contributed by atoms with Crippen LogP contribution in [0.25, 0.3) is 0 Å². The zero-order valence-corrected chi connectivity index (χ0v) is 11.2. The maximum Gasteiger partial charge on any atom is 0.0639 e. The highest BCUT2D eigenvalue weighted by Crippen LogP contribution is 2.11. The van der Waals surface area contributed by atoms with Gasteiger partial charge in [0.2, 0.25) is 0 Å². The van der Waals surface area contributed by atoms with Gasteiger partial charge >= 0.3 is 0 Å². The highest BCUT2D eigenvalue weighted by Gasteiger charge is 2.16. The Bertz CT molecular complexity index is 182. The van der Waals surface area contributed by atoms with Crippen molar-refractivity contribution in [3.05, 3.63) is 0 Å². The van der Waals surface area contributed by atoms with Crippen molar-refractivity contribution in [3.8, 4) is 0 Å². The van der Waals surface area contributed by atoms with Crippen LogP contribution in [0.4, 0.5) is 0 Å². The first-order valence-electron chi connectivity index (χ1n) is 6.90. The van der Waals surface area contributed by atoms with E-state index in [1.807, 2.05) is 0 Å². The van der Waals surface area contributed by atoms with Gasteiger partial charge in [-0.05, 0) is 46.2 Å². The van der Waals surface area contributed by atoms with Gasteiger partial charge in [-0.15, -0.1) is 0 Å². The summed E-state index contributed by atoms with van der Waals surface area (Å²) in [5.41, 5.74) is 0. The molecule has 0 aromatic rings. The molecule has 17 heavy (non-hydrogen) atoms. The number of hydrogen-bond acceptors (Lipinski definition) is 4. The second-order valence-corrected chi connectivity index (χ2v) is 5.39. The van der Waals surface area contributed by atoms with Crippen LogP contribution < -0.4 is 5.32 Å². The number of aliphatic hydroxyl groups excluding tert-OH is 2. The standard InChI is InChI=1S/C13H28N2O2/c1-11(16)9-15(10-12(2)17)8-6-13-5-3-4-7-14-13/h11-14,16-17H,3-10H2,1-2H3. The molecule has 4 nitrogen and oxygen atoms in total. The molecule has 3 unspecified atom stereocenters. The van der Waals surface area contributed by atoms with Crippen LogP contribution in [0.2, 0.25) is 0 Å². The molecule has 1 fully saturated rings. The van der Waals surface area contributed by atoms with E-state index in [1.54, 1.807) is 13.8 Å². The number of hydrogen-bond donors (Lipinski definition) is 3. The van der Waals surface area contributed by atoms with Crippen LogP contribution in [0.1, 0.15) is 39.5 Å². The van der Waals surface area contributed by atoms with Crippen LogP contribution in [0.3, 0.4) is 0 Å². The highest BCUT2D eigenvalue weighted by molar-refractivity contribution is 4.75. The molecule has 0 amide bonds. The third-order valence-corrected chi connectivity index (χ3v) is 3.25. The van der Waals surface area contributed by atoms with Gasteiger partial charge in [-0.2, -0.15) is 0 Å². The summed E-state index contributed by atoms with van der Waals surface area (Å²) in [4.78, 5) is 2.16. The van der Waals surface area contributed by atoms with Crippen molar-refractivity contribution >= 4 is 0 Å². The molecule has 1 heterocycles. The van der Waals surface area contributed by atoms with E-state index >= 15 is 0 Å². The summed E-state index contributed by atoms with van der Waals surface area (Å²) in [6.45, 7) is 6.99. The van der Waals surface area contributed by atoms with Gasteiger partial charge in [0.25, 0.3) is 0 Å². The summed E-state index contributed by atoms with van der Waals surface area (Å²) in [6.07, 6.45) is 4.34. The van der Waals surface area contributed by atoms with Gasteiger partial charge in [0.1, 0.15) is 0 Å². The lowest BCUT2D eigenvalue weighted by atomic mass is 10.0. The molecule has 1 aliphatic heterocycles. The summed E-state index contributed by atoms with van der Waals surface area (Å²) in [7, 11) is 0. The number of rotatable bonds is 7. The Morgan fingerprint density at radius 1 is 1.18 bits per heavy atom. The van der Waals surface area contributed by atoms with Crippen molar-refractivity contribution in [1.29, 1.82) is 0 Å². The molecule has 0 saturated carbocycles. The lowest BCUT2D eigenvalue weighted by Gasteiger charge is -2.29. The van der Waals surface area contributed by atoms with Gasteiger partial charge in [-0.25, -0.2) is 0 Å². The van der Waals surface area contributed by atoms with Crippen molar-refractivity contribution in [3.63, 3.8) is 0 Å². The Hall–Kier alpha value is -0.160. The Kier molecular flexibility index (Phi) is 7.04. The first kappa shape index (κ1) is 14.9. The first-order chi connectivity index (χ1) is 8.08. The number of nitrogens with one attached hydrogen (secondary N) is 1. The van der Waals surface area contributed by atoms with Crippen molar-refractivity contribution in [1.82, 2.24) is 10.2 Å². The predicted molar refractivity (Wildman–Crippen MR) is 70.1 cm³/mol. The molecule has 0 aromatic carbocycles. The summed E-state index contributed by atoms with van der Waals surface area (Å²) >= 11 is 0. The summed E-state index contributed by atoms with van der Waals surface area (Å²) in [6, 6.07) is 0.620. The number of aliphatic hydroxyl groups is 2. The lowest BCUT2D eigenvalue weighted by Crippen LogP contribution is -2.41. The molecule has 0 radical (unpaired) electrons. The lowest BCUT2D eigenvalue weighted by molar-refractivity contribution is 0.0804. The zero-order valence-electron chi connectivity index (χ0n) is 11.2. The fourth-order valence-electron chi connectivity index (χ4n) is 2.51. The highest BCUT2D eigenvalue weighted by atomic mass is 16.3. The molecule has 0 bridgehead atoms. The van der Waals surface area contributed by atoms with E-state index in [0.717, 1.165) is 19.5 Å². The third kappa shape index (κ3) is 6.99. The van der Waals surface area contributed by atoms with Crippen molar-refractivity contribution in [2.75, 3.05) is 26.2 Å². The van der Waals surface area contributed by atoms with Gasteiger partial charge in [0.05, 0.1) is 12.2 Å². The van der Waals surface area contributed by atoms with Crippen LogP contribution in [0.15, 0.2) is 0 Å². The van der Waals surface area contributed by atoms with E-state index < -0.39 is 0 Å². The van der Waals surface area contributed by atoms with Crippen LogP contribution in [0.5, 0.6) is 0 Å². The molecule has 1 rings (SSSR count). The Labute approximate surface area is 105 Å². The fourth-order valence-corrected chi connectivity index (χ4v) is 2.51. The molecule has 1 aliphatic rings. The second kappa shape index (κ2) is 8.03. The Morgan fingerprint density at radius 2 is 1.82 bits per heavy atom. The van der Waals surface area contributed by atoms with E-state index in [1.165, 1.54) is 19.3 Å². The number of piperidine rings is 1.